The number of imidazole rings is 1. The number of anilines is 1. The fourth-order valence-electron chi connectivity index (χ4n) is 3.01. The molecule has 1 aromatic heterocycles. The lowest BCUT2D eigenvalue weighted by Crippen LogP contribution is -2.18. The van der Waals surface area contributed by atoms with Crippen molar-refractivity contribution in [3.63, 3.8) is 0 Å². The van der Waals surface area contributed by atoms with Gasteiger partial charge in [-0.15, -0.1) is 0 Å². The number of halogens is 1. The molecule has 0 unspecified atom stereocenters. The van der Waals surface area contributed by atoms with E-state index in [4.69, 9.17) is 4.74 Å². The molecule has 0 aliphatic heterocycles. The van der Waals surface area contributed by atoms with Gasteiger partial charge in [0.15, 0.2) is 5.82 Å². The molecule has 0 aliphatic carbocycles. The summed E-state index contributed by atoms with van der Waals surface area (Å²) in [7, 11) is 0. The van der Waals surface area contributed by atoms with Gasteiger partial charge in [0.05, 0.1) is 17.7 Å². The molecule has 9 heteroatoms. The molecule has 162 valence electrons. The van der Waals surface area contributed by atoms with E-state index in [0.29, 0.717) is 12.4 Å². The van der Waals surface area contributed by atoms with Crippen LogP contribution in [0.15, 0.2) is 24.4 Å². The molecule has 2 N–H and O–H groups in total. The van der Waals surface area contributed by atoms with Crippen molar-refractivity contribution in [3.05, 3.63) is 47.2 Å². The number of unbranched alkanes of at least 4 members (excludes halogenated alkanes) is 3. The normalized spacial score (nSPS) is 10.6. The molecule has 0 spiro atoms. The van der Waals surface area contributed by atoms with Crippen molar-refractivity contribution in [2.75, 3.05) is 11.9 Å². The molecule has 0 saturated carbocycles. The minimum absolute atomic E-state index is 0.0719. The molecule has 0 saturated heterocycles. The van der Waals surface area contributed by atoms with Gasteiger partial charge in [-0.2, -0.15) is 0 Å². The van der Waals surface area contributed by atoms with Gasteiger partial charge in [-0.05, 0) is 25.5 Å². The Kier molecular flexibility index (Phi) is 8.52. The molecule has 2 rings (SSSR count). The lowest BCUT2D eigenvalue weighted by Gasteiger charge is -2.07. The van der Waals surface area contributed by atoms with Crippen LogP contribution >= 0.6 is 0 Å². The number of esters is 1. The van der Waals surface area contributed by atoms with Crippen LogP contribution in [0.25, 0.3) is 0 Å². The first kappa shape index (κ1) is 23.1. The van der Waals surface area contributed by atoms with Gasteiger partial charge in [0.25, 0.3) is 5.91 Å². The van der Waals surface area contributed by atoms with E-state index < -0.39 is 34.8 Å². The maximum absolute atomic E-state index is 14.1. The smallest absolute Gasteiger partial charge is 0.336 e. The zero-order valence-corrected chi connectivity index (χ0v) is 17.1. The summed E-state index contributed by atoms with van der Waals surface area (Å²) >= 11 is 0. The van der Waals surface area contributed by atoms with Crippen LogP contribution in [0.2, 0.25) is 0 Å². The summed E-state index contributed by atoms with van der Waals surface area (Å²) in [6, 6.07) is 3.39. The van der Waals surface area contributed by atoms with Crippen LogP contribution in [-0.2, 0) is 22.5 Å². The number of carbonyl (C=O) groups excluding carboxylic acids is 2. The van der Waals surface area contributed by atoms with Gasteiger partial charge in [0.2, 0.25) is 0 Å². The molecule has 0 bridgehead atoms. The summed E-state index contributed by atoms with van der Waals surface area (Å²) in [6.45, 7) is 4.64. The fraction of sp³-hybridized carbons (Fsp3) is 0.429. The summed E-state index contributed by atoms with van der Waals surface area (Å²) < 4.78 is 20.9. The number of aromatic carboxylic acids is 1. The molecule has 1 aromatic carbocycles. The molecule has 0 aliphatic rings. The average molecular weight is 419 g/mol. The predicted octanol–water partition coefficient (Wildman–Crippen LogP) is 3.66. The third-order valence-electron chi connectivity index (χ3n) is 4.43. The van der Waals surface area contributed by atoms with Crippen molar-refractivity contribution >= 4 is 23.7 Å². The number of hydrogen-bond acceptors (Lipinski definition) is 5. The van der Waals surface area contributed by atoms with Crippen molar-refractivity contribution in [1.29, 1.82) is 0 Å². The van der Waals surface area contributed by atoms with Gasteiger partial charge in [0.1, 0.15) is 18.1 Å². The molecular formula is C21H26FN3O5. The van der Waals surface area contributed by atoms with Gasteiger partial charge in [0, 0.05) is 12.7 Å². The molecule has 8 nitrogen and oxygen atoms in total. The Morgan fingerprint density at radius 3 is 2.63 bits per heavy atom. The first-order valence-electron chi connectivity index (χ1n) is 9.92. The van der Waals surface area contributed by atoms with Crippen LogP contribution in [0, 0.1) is 5.82 Å². The highest BCUT2D eigenvalue weighted by atomic mass is 19.1. The second kappa shape index (κ2) is 11.1. The monoisotopic (exact) mass is 419 g/mol. The van der Waals surface area contributed by atoms with E-state index in [9.17, 15) is 23.9 Å². The number of aryl methyl sites for hydroxylation is 1. The summed E-state index contributed by atoms with van der Waals surface area (Å²) in [5.41, 5.74) is -1.02. The van der Waals surface area contributed by atoms with Crippen LogP contribution in [0.4, 0.5) is 10.2 Å². The maximum Gasteiger partial charge on any atom is 0.336 e. The topological polar surface area (TPSA) is 111 Å². The van der Waals surface area contributed by atoms with Gasteiger partial charge >= 0.3 is 11.9 Å². The average Bonchev–Trinajstić information content (AvgIpc) is 3.05. The van der Waals surface area contributed by atoms with E-state index in [1.54, 1.807) is 17.7 Å². The van der Waals surface area contributed by atoms with Crippen LogP contribution in [-0.4, -0.2) is 39.1 Å². The summed E-state index contributed by atoms with van der Waals surface area (Å²) in [5, 5.41) is 11.7. The largest absolute Gasteiger partial charge is 0.478 e. The molecule has 30 heavy (non-hydrogen) atoms. The summed E-state index contributed by atoms with van der Waals surface area (Å²) in [5.74, 6) is -3.22. The third kappa shape index (κ3) is 6.13. The Labute approximate surface area is 174 Å². The van der Waals surface area contributed by atoms with Crippen LogP contribution < -0.4 is 5.32 Å². The zero-order valence-electron chi connectivity index (χ0n) is 17.1. The Morgan fingerprint density at radius 1 is 1.20 bits per heavy atom. The van der Waals surface area contributed by atoms with E-state index in [0.717, 1.165) is 37.8 Å². The Bertz CT molecular complexity index is 910. The van der Waals surface area contributed by atoms with E-state index in [-0.39, 0.29) is 18.8 Å². The number of hydrogen-bond donors (Lipinski definition) is 2. The fourth-order valence-corrected chi connectivity index (χ4v) is 3.01. The van der Waals surface area contributed by atoms with Crippen molar-refractivity contribution in [3.8, 4) is 0 Å². The quantitative estimate of drug-likeness (QED) is 0.425. The minimum atomic E-state index is -1.41. The van der Waals surface area contributed by atoms with Crippen LogP contribution in [0.5, 0.6) is 0 Å². The number of carboxylic acid groups (broad SMARTS) is 1. The molecule has 2 aromatic rings. The standard InChI is InChI=1S/C21H26FN3O5/c1-3-5-6-7-11-25-13-16(23-17(25)12-18(26)30-4-2)24-20(27)19-14(21(28)29)9-8-10-15(19)22/h8-10,13H,3-7,11-12H2,1-2H3,(H,24,27)(H,28,29). The molecule has 1 heterocycles. The minimum Gasteiger partial charge on any atom is -0.478 e. The predicted molar refractivity (Wildman–Crippen MR) is 108 cm³/mol. The first-order chi connectivity index (χ1) is 14.4. The first-order valence-corrected chi connectivity index (χ1v) is 9.92. The van der Waals surface area contributed by atoms with Crippen LogP contribution in [0.1, 0.15) is 66.1 Å². The van der Waals surface area contributed by atoms with Crippen molar-refractivity contribution < 1.29 is 28.6 Å². The molecule has 1 amide bonds. The van der Waals surface area contributed by atoms with E-state index >= 15 is 0 Å². The van der Waals surface area contributed by atoms with Crippen molar-refractivity contribution in [1.82, 2.24) is 9.55 Å². The highest BCUT2D eigenvalue weighted by Gasteiger charge is 2.22. The Balaban J connectivity index is 2.24. The number of nitrogens with zero attached hydrogens (tertiary/aromatic N) is 2. The summed E-state index contributed by atoms with van der Waals surface area (Å²) in [6.07, 6.45) is 5.51. The second-order valence-electron chi connectivity index (χ2n) is 6.70. The van der Waals surface area contributed by atoms with Crippen LogP contribution in [0.3, 0.4) is 0 Å². The lowest BCUT2D eigenvalue weighted by molar-refractivity contribution is -0.142. The Morgan fingerprint density at radius 2 is 1.97 bits per heavy atom. The number of amides is 1. The third-order valence-corrected chi connectivity index (χ3v) is 4.43. The highest BCUT2D eigenvalue weighted by molar-refractivity contribution is 6.10. The number of carbonyl (C=O) groups is 3. The second-order valence-corrected chi connectivity index (χ2v) is 6.70. The molecule has 0 atom stereocenters. The van der Waals surface area contributed by atoms with Gasteiger partial charge < -0.3 is 19.7 Å². The molecule has 0 fully saturated rings. The van der Waals surface area contributed by atoms with E-state index in [1.165, 1.54) is 6.07 Å². The SMILES string of the molecule is CCCCCCn1cc(NC(=O)c2c(F)cccc2C(=O)O)nc1CC(=O)OCC. The molecular weight excluding hydrogens is 393 g/mol. The lowest BCUT2D eigenvalue weighted by atomic mass is 10.1. The van der Waals surface area contributed by atoms with E-state index in [1.807, 2.05) is 0 Å². The van der Waals surface area contributed by atoms with Crippen molar-refractivity contribution in [2.45, 2.75) is 52.5 Å². The number of aromatic nitrogens is 2. The number of benzene rings is 1. The van der Waals surface area contributed by atoms with Gasteiger partial charge in [-0.25, -0.2) is 14.2 Å². The van der Waals surface area contributed by atoms with Gasteiger partial charge in [-0.3, -0.25) is 9.59 Å². The summed E-state index contributed by atoms with van der Waals surface area (Å²) in [4.78, 5) is 40.0. The zero-order chi connectivity index (χ0) is 22.1. The number of carboxylic acids is 1. The number of nitrogens with one attached hydrogen (secondary N) is 1. The number of ether oxygens (including phenoxy) is 1. The number of rotatable bonds is 11. The van der Waals surface area contributed by atoms with E-state index in [2.05, 4.69) is 17.2 Å². The Hall–Kier alpha value is -3.23. The highest BCUT2D eigenvalue weighted by Crippen LogP contribution is 2.18. The van der Waals surface area contributed by atoms with Gasteiger partial charge in [-0.1, -0.05) is 32.3 Å². The molecule has 0 radical (unpaired) electrons. The van der Waals surface area contributed by atoms with Crippen molar-refractivity contribution in [2.24, 2.45) is 0 Å². The maximum atomic E-state index is 14.1.